The van der Waals surface area contributed by atoms with Gasteiger partial charge in [-0.15, -0.1) is 5.10 Å². The van der Waals surface area contributed by atoms with Crippen LogP contribution in [-0.4, -0.2) is 26.8 Å². The molecule has 1 aromatic heterocycles. The van der Waals surface area contributed by atoms with Gasteiger partial charge in [0.2, 0.25) is 0 Å². The van der Waals surface area contributed by atoms with E-state index >= 15 is 0 Å². The van der Waals surface area contributed by atoms with Crippen LogP contribution in [0.5, 0.6) is 0 Å². The predicted molar refractivity (Wildman–Crippen MR) is 83.0 cm³/mol. The molecule has 1 aromatic carbocycles. The largest absolute Gasteiger partial charge is 0.398 e. The fourth-order valence-corrected chi connectivity index (χ4v) is 2.88. The molecule has 2 aromatic rings. The lowest BCUT2D eigenvalue weighted by molar-refractivity contribution is 0.525. The molecule has 6 heteroatoms. The van der Waals surface area contributed by atoms with Crippen LogP contribution in [0.3, 0.4) is 0 Å². The summed E-state index contributed by atoms with van der Waals surface area (Å²) in [6.45, 7) is 4.83. The number of rotatable bonds is 5. The first-order valence-electron chi connectivity index (χ1n) is 7.67. The van der Waals surface area contributed by atoms with Gasteiger partial charge >= 0.3 is 0 Å². The molecular formula is C15H22N6. The van der Waals surface area contributed by atoms with Gasteiger partial charge in [-0.3, -0.25) is 0 Å². The minimum atomic E-state index is 0.743. The Morgan fingerprint density at radius 3 is 3.10 bits per heavy atom. The zero-order chi connectivity index (χ0) is 14.7. The quantitative estimate of drug-likeness (QED) is 0.851. The van der Waals surface area contributed by atoms with Gasteiger partial charge in [0, 0.05) is 24.5 Å². The zero-order valence-electron chi connectivity index (χ0n) is 12.5. The van der Waals surface area contributed by atoms with Crippen LogP contribution in [0.1, 0.15) is 37.6 Å². The molecule has 1 aliphatic rings. The number of aromatic nitrogens is 4. The summed E-state index contributed by atoms with van der Waals surface area (Å²) in [5.41, 5.74) is 9.48. The molecule has 0 aliphatic carbocycles. The van der Waals surface area contributed by atoms with Crippen molar-refractivity contribution in [2.45, 2.75) is 45.7 Å². The van der Waals surface area contributed by atoms with Crippen molar-refractivity contribution in [1.82, 2.24) is 20.2 Å². The lowest BCUT2D eigenvalue weighted by Crippen LogP contribution is -2.30. The van der Waals surface area contributed by atoms with E-state index in [4.69, 9.17) is 5.73 Å². The van der Waals surface area contributed by atoms with Gasteiger partial charge in [0.1, 0.15) is 0 Å². The van der Waals surface area contributed by atoms with Crippen LogP contribution in [-0.2, 0) is 19.5 Å². The van der Waals surface area contributed by atoms with Gasteiger partial charge in [-0.25, -0.2) is 4.68 Å². The number of fused-ring (bicyclic) bond motifs is 1. The molecule has 6 nitrogen and oxygen atoms in total. The summed E-state index contributed by atoms with van der Waals surface area (Å²) in [5.74, 6) is 0.929. The standard InChI is InChI=1S/C15H22N6/c1-2-3-10-21-15(17-18-19-21)11-20-9-5-6-12-13(16)7-4-8-14(12)20/h4,7-8H,2-3,5-6,9-11,16H2,1H3. The summed E-state index contributed by atoms with van der Waals surface area (Å²) in [5, 5.41) is 12.1. The number of aryl methyl sites for hydroxylation is 1. The SMILES string of the molecule is CCCCn1nnnc1CN1CCCc2c(N)cccc21. The topological polar surface area (TPSA) is 72.9 Å². The molecule has 112 valence electrons. The Kier molecular flexibility index (Phi) is 4.03. The molecule has 2 N–H and O–H groups in total. The first kappa shape index (κ1) is 13.9. The molecule has 0 spiro atoms. The van der Waals surface area contributed by atoms with E-state index in [0.29, 0.717) is 0 Å². The van der Waals surface area contributed by atoms with Crippen molar-refractivity contribution < 1.29 is 0 Å². The Balaban J connectivity index is 1.81. The van der Waals surface area contributed by atoms with Crippen LogP contribution in [0.4, 0.5) is 11.4 Å². The molecule has 0 fully saturated rings. The number of tetrazole rings is 1. The molecule has 3 rings (SSSR count). The van der Waals surface area contributed by atoms with E-state index in [1.54, 1.807) is 0 Å². The highest BCUT2D eigenvalue weighted by Crippen LogP contribution is 2.31. The Morgan fingerprint density at radius 2 is 2.24 bits per heavy atom. The third-order valence-corrected chi connectivity index (χ3v) is 4.04. The van der Waals surface area contributed by atoms with Crippen molar-refractivity contribution >= 4 is 11.4 Å². The number of nitrogens with zero attached hydrogens (tertiary/aromatic N) is 5. The average molecular weight is 286 g/mol. The number of anilines is 2. The second-order valence-corrected chi connectivity index (χ2v) is 5.54. The van der Waals surface area contributed by atoms with Crippen LogP contribution in [0.2, 0.25) is 0 Å². The molecule has 0 saturated carbocycles. The van der Waals surface area contributed by atoms with E-state index in [1.165, 1.54) is 11.3 Å². The van der Waals surface area contributed by atoms with E-state index in [1.807, 2.05) is 16.8 Å². The highest BCUT2D eigenvalue weighted by molar-refractivity contribution is 5.66. The Labute approximate surface area is 124 Å². The van der Waals surface area contributed by atoms with Crippen LogP contribution >= 0.6 is 0 Å². The molecule has 0 amide bonds. The maximum Gasteiger partial charge on any atom is 0.170 e. The Hall–Kier alpha value is -2.11. The molecule has 0 saturated heterocycles. The second kappa shape index (κ2) is 6.11. The van der Waals surface area contributed by atoms with E-state index in [9.17, 15) is 0 Å². The normalized spacial score (nSPS) is 14.2. The highest BCUT2D eigenvalue weighted by Gasteiger charge is 2.20. The van der Waals surface area contributed by atoms with Crippen molar-refractivity contribution in [2.24, 2.45) is 0 Å². The lowest BCUT2D eigenvalue weighted by Gasteiger charge is -2.31. The van der Waals surface area contributed by atoms with Gasteiger partial charge in [-0.2, -0.15) is 0 Å². The number of nitrogen functional groups attached to an aromatic ring is 1. The van der Waals surface area contributed by atoms with Crippen LogP contribution in [0.25, 0.3) is 0 Å². The van der Waals surface area contributed by atoms with Crippen molar-refractivity contribution in [3.63, 3.8) is 0 Å². The molecule has 0 atom stereocenters. The fraction of sp³-hybridized carbons (Fsp3) is 0.533. The first-order valence-corrected chi connectivity index (χ1v) is 7.67. The smallest absolute Gasteiger partial charge is 0.170 e. The summed E-state index contributed by atoms with van der Waals surface area (Å²) < 4.78 is 1.92. The predicted octanol–water partition coefficient (Wildman–Crippen LogP) is 2.01. The molecule has 2 heterocycles. The summed E-state index contributed by atoms with van der Waals surface area (Å²) in [4.78, 5) is 2.34. The van der Waals surface area contributed by atoms with Gasteiger partial charge in [0.15, 0.2) is 5.82 Å². The molecule has 0 radical (unpaired) electrons. The first-order chi connectivity index (χ1) is 10.3. The maximum absolute atomic E-state index is 6.10. The average Bonchev–Trinajstić information content (AvgIpc) is 2.93. The summed E-state index contributed by atoms with van der Waals surface area (Å²) in [6.07, 6.45) is 4.42. The van der Waals surface area contributed by atoms with Crippen molar-refractivity contribution in [2.75, 3.05) is 17.2 Å². The van der Waals surface area contributed by atoms with Crippen molar-refractivity contribution in [3.8, 4) is 0 Å². The van der Waals surface area contributed by atoms with E-state index in [-0.39, 0.29) is 0 Å². The van der Waals surface area contributed by atoms with Crippen LogP contribution in [0, 0.1) is 0 Å². The Morgan fingerprint density at radius 1 is 1.33 bits per heavy atom. The number of hydrogen-bond acceptors (Lipinski definition) is 5. The third-order valence-electron chi connectivity index (χ3n) is 4.04. The summed E-state index contributed by atoms with van der Waals surface area (Å²) in [6, 6.07) is 6.14. The minimum absolute atomic E-state index is 0.743. The van der Waals surface area contributed by atoms with Gasteiger partial charge < -0.3 is 10.6 Å². The van der Waals surface area contributed by atoms with Crippen LogP contribution < -0.4 is 10.6 Å². The highest BCUT2D eigenvalue weighted by atomic mass is 15.5. The molecular weight excluding hydrogens is 264 g/mol. The van der Waals surface area contributed by atoms with Gasteiger partial charge in [-0.05, 0) is 47.4 Å². The molecule has 21 heavy (non-hydrogen) atoms. The minimum Gasteiger partial charge on any atom is -0.398 e. The zero-order valence-corrected chi connectivity index (χ0v) is 12.5. The van der Waals surface area contributed by atoms with Crippen LogP contribution in [0.15, 0.2) is 18.2 Å². The second-order valence-electron chi connectivity index (χ2n) is 5.54. The summed E-state index contributed by atoms with van der Waals surface area (Å²) in [7, 11) is 0. The molecule has 0 unspecified atom stereocenters. The molecule has 1 aliphatic heterocycles. The van der Waals surface area contributed by atoms with E-state index in [2.05, 4.69) is 33.4 Å². The van der Waals surface area contributed by atoms with Crippen molar-refractivity contribution in [3.05, 3.63) is 29.6 Å². The monoisotopic (exact) mass is 286 g/mol. The molecule has 0 bridgehead atoms. The maximum atomic E-state index is 6.10. The van der Waals surface area contributed by atoms with Crippen molar-refractivity contribution in [1.29, 1.82) is 0 Å². The van der Waals surface area contributed by atoms with Gasteiger partial charge in [0.05, 0.1) is 6.54 Å². The summed E-state index contributed by atoms with van der Waals surface area (Å²) >= 11 is 0. The third kappa shape index (κ3) is 2.84. The number of nitrogens with two attached hydrogens (primary N) is 1. The number of unbranched alkanes of at least 4 members (excludes halogenated alkanes) is 1. The van der Waals surface area contributed by atoms with Gasteiger partial charge in [0.25, 0.3) is 0 Å². The van der Waals surface area contributed by atoms with E-state index < -0.39 is 0 Å². The van der Waals surface area contributed by atoms with E-state index in [0.717, 1.165) is 56.8 Å². The Bertz CT molecular complexity index is 606. The number of hydrogen-bond donors (Lipinski definition) is 1. The number of benzene rings is 1. The van der Waals surface area contributed by atoms with Gasteiger partial charge in [-0.1, -0.05) is 19.4 Å². The lowest BCUT2D eigenvalue weighted by atomic mass is 10.00. The fourth-order valence-electron chi connectivity index (χ4n) is 2.88.